The van der Waals surface area contributed by atoms with Crippen molar-refractivity contribution in [2.75, 3.05) is 9.71 Å². The minimum absolute atomic E-state index is 0.0433. The molecule has 4 heterocycles. The second-order valence-electron chi connectivity index (χ2n) is 22.4. The standard InChI is InChI=1S/C58H58BN3O/c1-55(2,3)35-22-25-40(26-23-35)61-48-30-36(56(4,5)6)24-27-45(48)59-53-43(28-37(31-50(53)61)57(7,8)9)44-29-38(58(10,11)12)32-52-54(44)62(59)49-34-47-42(33-51(49)63-52)41-20-16-17-21-46(41)60(47)39-18-14-13-15-19-39/h13-34H,1-12H3. The van der Waals surface area contributed by atoms with Gasteiger partial charge in [0.15, 0.2) is 11.5 Å². The molecule has 3 aliphatic rings. The van der Waals surface area contributed by atoms with Gasteiger partial charge in [-0.1, -0.05) is 150 Å². The van der Waals surface area contributed by atoms with Crippen LogP contribution in [0.5, 0.6) is 11.5 Å². The van der Waals surface area contributed by atoms with Crippen molar-refractivity contribution in [3.8, 4) is 28.3 Å². The van der Waals surface area contributed by atoms with Crippen molar-refractivity contribution in [2.24, 2.45) is 0 Å². The molecule has 0 N–H and O–H groups in total. The SMILES string of the molecule is CC(C)(C)c1ccc(N2c3cc(C(C)(C)C)ccc3B3c4c(cc(C(C)(C)C)cc42)-c2cc(C(C)(C)C)cc4c2N3c2cc3c(cc2O4)c2ccccc2n3-c2ccccc2)cc1. The molecule has 0 aliphatic carbocycles. The van der Waals surface area contributed by atoms with Gasteiger partial charge in [0.25, 0.3) is 0 Å². The Morgan fingerprint density at radius 1 is 0.429 bits per heavy atom. The molecule has 0 unspecified atom stereocenters. The lowest BCUT2D eigenvalue weighted by Gasteiger charge is -2.48. The fraction of sp³-hybridized carbons (Fsp3) is 0.276. The molecule has 3 aliphatic heterocycles. The average Bonchev–Trinajstić information content (AvgIpc) is 3.55. The van der Waals surface area contributed by atoms with Gasteiger partial charge in [-0.2, -0.15) is 0 Å². The molecule has 0 bridgehead atoms. The van der Waals surface area contributed by atoms with Crippen LogP contribution in [0.1, 0.15) is 105 Å². The number of hydrogen-bond acceptors (Lipinski definition) is 3. The first-order chi connectivity index (χ1) is 29.8. The van der Waals surface area contributed by atoms with Crippen LogP contribution >= 0.6 is 0 Å². The number of ether oxygens (including phenoxy) is 1. The number of benzene rings is 7. The maximum absolute atomic E-state index is 7.31. The maximum Gasteiger partial charge on any atom is 0.333 e. The van der Waals surface area contributed by atoms with Crippen LogP contribution in [-0.4, -0.2) is 11.4 Å². The molecule has 0 atom stereocenters. The molecular weight excluding hydrogens is 765 g/mol. The predicted molar refractivity (Wildman–Crippen MR) is 269 cm³/mol. The van der Waals surface area contributed by atoms with Gasteiger partial charge in [-0.25, -0.2) is 0 Å². The highest BCUT2D eigenvalue weighted by Gasteiger charge is 2.49. The van der Waals surface area contributed by atoms with E-state index >= 15 is 0 Å². The maximum atomic E-state index is 7.31. The number of anilines is 5. The Morgan fingerprint density at radius 3 is 1.71 bits per heavy atom. The molecule has 63 heavy (non-hydrogen) atoms. The third-order valence-electron chi connectivity index (χ3n) is 13.9. The van der Waals surface area contributed by atoms with Gasteiger partial charge < -0.3 is 19.0 Å². The molecule has 0 saturated carbocycles. The Morgan fingerprint density at radius 2 is 1.03 bits per heavy atom. The van der Waals surface area contributed by atoms with Gasteiger partial charge in [0.05, 0.1) is 22.4 Å². The van der Waals surface area contributed by atoms with E-state index in [-0.39, 0.29) is 28.5 Å². The molecule has 8 aromatic rings. The zero-order chi connectivity index (χ0) is 44.1. The summed E-state index contributed by atoms with van der Waals surface area (Å²) >= 11 is 0. The van der Waals surface area contributed by atoms with Crippen molar-refractivity contribution in [1.29, 1.82) is 0 Å². The Balaban J connectivity index is 1.28. The number of rotatable bonds is 2. The highest BCUT2D eigenvalue weighted by molar-refractivity contribution is 6.93. The van der Waals surface area contributed by atoms with Crippen molar-refractivity contribution in [1.82, 2.24) is 4.57 Å². The third kappa shape index (κ3) is 6.02. The van der Waals surface area contributed by atoms with Gasteiger partial charge in [0.2, 0.25) is 0 Å². The molecule has 4 nitrogen and oxygen atoms in total. The lowest BCUT2D eigenvalue weighted by atomic mass is 9.43. The van der Waals surface area contributed by atoms with Gasteiger partial charge in [0.1, 0.15) is 0 Å². The molecule has 0 amide bonds. The summed E-state index contributed by atoms with van der Waals surface area (Å²) in [5.41, 5.74) is 19.5. The number of nitrogens with zero attached hydrogens (tertiary/aromatic N) is 3. The molecule has 0 fully saturated rings. The first-order valence-electron chi connectivity index (χ1n) is 22.8. The van der Waals surface area contributed by atoms with Gasteiger partial charge in [0, 0.05) is 39.1 Å². The number of para-hydroxylation sites is 2. The van der Waals surface area contributed by atoms with E-state index in [1.807, 2.05) is 0 Å². The van der Waals surface area contributed by atoms with Gasteiger partial charge in [-0.15, -0.1) is 0 Å². The molecule has 5 heteroatoms. The summed E-state index contributed by atoms with van der Waals surface area (Å²) in [4.78, 5) is 5.24. The van der Waals surface area contributed by atoms with E-state index in [0.29, 0.717) is 0 Å². The summed E-state index contributed by atoms with van der Waals surface area (Å²) in [5, 5.41) is 2.39. The molecule has 0 spiro atoms. The van der Waals surface area contributed by atoms with Crippen molar-refractivity contribution in [3.63, 3.8) is 0 Å². The molecule has 0 saturated heterocycles. The Kier molecular flexibility index (Phi) is 8.29. The molecule has 1 aromatic heterocycles. The summed E-state index contributed by atoms with van der Waals surface area (Å²) in [6.45, 7) is 27.8. The van der Waals surface area contributed by atoms with Gasteiger partial charge in [-0.05, 0) is 127 Å². The van der Waals surface area contributed by atoms with E-state index in [0.717, 1.165) is 34.1 Å². The van der Waals surface area contributed by atoms with Crippen LogP contribution in [-0.2, 0) is 21.7 Å². The highest BCUT2D eigenvalue weighted by Crippen LogP contribution is 2.58. The number of aromatic nitrogens is 1. The molecule has 11 rings (SSSR count). The summed E-state index contributed by atoms with van der Waals surface area (Å²) in [6, 6.07) is 50.8. The molecule has 314 valence electrons. The Bertz CT molecular complexity index is 3180. The van der Waals surface area contributed by atoms with E-state index in [2.05, 4.69) is 231 Å². The molecular formula is C58H58BN3O. The summed E-state index contributed by atoms with van der Waals surface area (Å²) in [6.07, 6.45) is 0. The first-order valence-corrected chi connectivity index (χ1v) is 22.8. The Hall–Kier alpha value is -6.20. The minimum atomic E-state index is -0.125. The van der Waals surface area contributed by atoms with Crippen LogP contribution in [0.4, 0.5) is 28.4 Å². The third-order valence-corrected chi connectivity index (χ3v) is 13.9. The second kappa shape index (κ2) is 13.2. The van der Waals surface area contributed by atoms with Crippen LogP contribution in [0, 0.1) is 0 Å². The quantitative estimate of drug-likeness (QED) is 0.162. The summed E-state index contributed by atoms with van der Waals surface area (Å²) < 4.78 is 9.73. The van der Waals surface area contributed by atoms with Crippen LogP contribution < -0.4 is 25.4 Å². The van der Waals surface area contributed by atoms with E-state index in [1.165, 1.54) is 77.7 Å². The minimum Gasteiger partial charge on any atom is -0.453 e. The van der Waals surface area contributed by atoms with E-state index in [9.17, 15) is 0 Å². The van der Waals surface area contributed by atoms with Crippen molar-refractivity contribution in [2.45, 2.75) is 105 Å². The smallest absolute Gasteiger partial charge is 0.333 e. The second-order valence-corrected chi connectivity index (χ2v) is 22.4. The molecule has 0 radical (unpaired) electrons. The normalized spacial score (nSPS) is 14.4. The van der Waals surface area contributed by atoms with Gasteiger partial charge in [-0.3, -0.25) is 0 Å². The number of fused-ring (bicyclic) bond motifs is 9. The van der Waals surface area contributed by atoms with Crippen LogP contribution in [0.15, 0.2) is 133 Å². The summed E-state index contributed by atoms with van der Waals surface area (Å²) in [7, 11) is 0. The van der Waals surface area contributed by atoms with Crippen LogP contribution in [0.3, 0.4) is 0 Å². The van der Waals surface area contributed by atoms with Crippen LogP contribution in [0.25, 0.3) is 38.6 Å². The zero-order valence-electron chi connectivity index (χ0n) is 39.0. The molecule has 7 aromatic carbocycles. The fourth-order valence-electron chi connectivity index (χ4n) is 10.3. The largest absolute Gasteiger partial charge is 0.453 e. The lowest BCUT2D eigenvalue weighted by molar-refractivity contribution is 0.475. The van der Waals surface area contributed by atoms with Crippen LogP contribution in [0.2, 0.25) is 0 Å². The Labute approximate surface area is 374 Å². The van der Waals surface area contributed by atoms with E-state index < -0.39 is 0 Å². The first kappa shape index (κ1) is 39.6. The fourth-order valence-corrected chi connectivity index (χ4v) is 10.3. The topological polar surface area (TPSA) is 20.6 Å². The monoisotopic (exact) mass is 823 g/mol. The van der Waals surface area contributed by atoms with Gasteiger partial charge >= 0.3 is 6.85 Å². The lowest BCUT2D eigenvalue weighted by Crippen LogP contribution is -2.62. The van der Waals surface area contributed by atoms with E-state index in [4.69, 9.17) is 4.74 Å². The van der Waals surface area contributed by atoms with E-state index in [1.54, 1.807) is 0 Å². The van der Waals surface area contributed by atoms with Crippen molar-refractivity contribution in [3.05, 3.63) is 156 Å². The van der Waals surface area contributed by atoms with Crippen molar-refractivity contribution < 1.29 is 4.74 Å². The predicted octanol–water partition coefficient (Wildman–Crippen LogP) is 14.8. The van der Waals surface area contributed by atoms with Crippen molar-refractivity contribution >= 4 is 68.0 Å². The average molecular weight is 824 g/mol. The summed E-state index contributed by atoms with van der Waals surface area (Å²) in [5.74, 6) is 1.80. The highest BCUT2D eigenvalue weighted by atomic mass is 16.5. The zero-order valence-corrected chi connectivity index (χ0v) is 39.0. The number of hydrogen-bond donors (Lipinski definition) is 0.